The maximum absolute atomic E-state index is 12.2. The molecule has 0 aliphatic rings. The minimum atomic E-state index is -0.216. The number of carbonyl (C=O) groups excluding carboxylic acids is 1. The van der Waals surface area contributed by atoms with Gasteiger partial charge in [-0.3, -0.25) is 4.79 Å². The highest BCUT2D eigenvalue weighted by molar-refractivity contribution is 5.80. The van der Waals surface area contributed by atoms with Gasteiger partial charge in [0.2, 0.25) is 5.91 Å². The summed E-state index contributed by atoms with van der Waals surface area (Å²) in [5.41, 5.74) is 9.27. The fraction of sp³-hybridized carbons (Fsp3) is 0.562. The molecule has 1 unspecified atom stereocenters. The number of rotatable bonds is 4. The van der Waals surface area contributed by atoms with Crippen molar-refractivity contribution in [2.45, 2.75) is 46.6 Å². The molecule has 3 nitrogen and oxygen atoms in total. The Morgan fingerprint density at radius 2 is 1.95 bits per heavy atom. The summed E-state index contributed by atoms with van der Waals surface area (Å²) in [4.78, 5) is 12.2. The van der Waals surface area contributed by atoms with Crippen LogP contribution in [0.15, 0.2) is 18.2 Å². The number of hydrogen-bond acceptors (Lipinski definition) is 2. The summed E-state index contributed by atoms with van der Waals surface area (Å²) in [6.45, 7) is 10.5. The van der Waals surface area contributed by atoms with E-state index in [0.29, 0.717) is 13.0 Å². The smallest absolute Gasteiger partial charge is 0.225 e. The van der Waals surface area contributed by atoms with Crippen molar-refractivity contribution < 1.29 is 4.79 Å². The Balaban J connectivity index is 2.82. The summed E-state index contributed by atoms with van der Waals surface area (Å²) in [5.74, 6) is -0.129. The molecule has 0 saturated heterocycles. The van der Waals surface area contributed by atoms with Crippen molar-refractivity contribution in [1.29, 1.82) is 0 Å². The highest BCUT2D eigenvalue weighted by Crippen LogP contribution is 2.17. The second-order valence-electron chi connectivity index (χ2n) is 6.24. The van der Waals surface area contributed by atoms with E-state index < -0.39 is 0 Å². The summed E-state index contributed by atoms with van der Waals surface area (Å²) in [6, 6.07) is 6.20. The number of hydrogen-bond donors (Lipinski definition) is 2. The van der Waals surface area contributed by atoms with E-state index in [4.69, 9.17) is 5.73 Å². The third-order valence-electron chi connectivity index (χ3n) is 3.34. The van der Waals surface area contributed by atoms with E-state index in [0.717, 1.165) is 0 Å². The normalized spacial score (nSPS) is 13.2. The number of benzene rings is 1. The van der Waals surface area contributed by atoms with Gasteiger partial charge in [0.1, 0.15) is 0 Å². The van der Waals surface area contributed by atoms with Gasteiger partial charge in [-0.25, -0.2) is 0 Å². The van der Waals surface area contributed by atoms with Crippen LogP contribution in [0.3, 0.4) is 0 Å². The number of nitrogens with two attached hydrogens (primary N) is 1. The van der Waals surface area contributed by atoms with Gasteiger partial charge in [-0.1, -0.05) is 18.2 Å². The molecule has 1 rings (SSSR count). The fourth-order valence-corrected chi connectivity index (χ4v) is 2.05. The van der Waals surface area contributed by atoms with Gasteiger partial charge in [-0.05, 0) is 57.7 Å². The first kappa shape index (κ1) is 15.7. The SMILES string of the molecule is Cc1cccc(CC(CN)C(=O)NC(C)(C)C)c1C. The average molecular weight is 262 g/mol. The number of nitrogens with one attached hydrogen (secondary N) is 1. The van der Waals surface area contributed by atoms with Crippen LogP contribution in [0.2, 0.25) is 0 Å². The van der Waals surface area contributed by atoms with Crippen molar-refractivity contribution in [2.24, 2.45) is 11.7 Å². The molecule has 0 saturated carbocycles. The predicted molar refractivity (Wildman–Crippen MR) is 80.1 cm³/mol. The van der Waals surface area contributed by atoms with Crippen LogP contribution in [0.5, 0.6) is 0 Å². The van der Waals surface area contributed by atoms with Gasteiger partial charge >= 0.3 is 0 Å². The molecule has 0 fully saturated rings. The van der Waals surface area contributed by atoms with Crippen LogP contribution >= 0.6 is 0 Å². The highest BCUT2D eigenvalue weighted by atomic mass is 16.2. The molecule has 0 aromatic heterocycles. The van der Waals surface area contributed by atoms with Gasteiger partial charge < -0.3 is 11.1 Å². The fourth-order valence-electron chi connectivity index (χ4n) is 2.05. The number of carbonyl (C=O) groups is 1. The van der Waals surface area contributed by atoms with Crippen molar-refractivity contribution in [3.63, 3.8) is 0 Å². The molecule has 3 heteroatoms. The third kappa shape index (κ3) is 4.67. The average Bonchev–Trinajstić information content (AvgIpc) is 2.28. The standard InChI is InChI=1S/C16H26N2O/c1-11-7-6-8-13(12(11)2)9-14(10-17)15(19)18-16(3,4)5/h6-8,14H,9-10,17H2,1-5H3,(H,18,19). The molecule has 0 aliphatic heterocycles. The molecule has 0 aliphatic carbocycles. The van der Waals surface area contributed by atoms with Crippen molar-refractivity contribution in [1.82, 2.24) is 5.32 Å². The van der Waals surface area contributed by atoms with Gasteiger partial charge in [0.05, 0.1) is 5.92 Å². The maximum atomic E-state index is 12.2. The minimum absolute atomic E-state index is 0.0379. The lowest BCUT2D eigenvalue weighted by Crippen LogP contribution is -2.46. The van der Waals surface area contributed by atoms with E-state index in [1.807, 2.05) is 26.8 Å². The first-order chi connectivity index (χ1) is 8.74. The Labute approximate surface area is 116 Å². The topological polar surface area (TPSA) is 55.1 Å². The Morgan fingerprint density at radius 3 is 2.47 bits per heavy atom. The Morgan fingerprint density at radius 1 is 1.32 bits per heavy atom. The zero-order valence-electron chi connectivity index (χ0n) is 12.7. The van der Waals surface area contributed by atoms with Crippen LogP contribution in [-0.4, -0.2) is 18.0 Å². The van der Waals surface area contributed by atoms with E-state index in [9.17, 15) is 4.79 Å². The Hall–Kier alpha value is -1.35. The zero-order chi connectivity index (χ0) is 14.6. The van der Waals surface area contributed by atoms with Crippen molar-refractivity contribution in [2.75, 3.05) is 6.54 Å². The largest absolute Gasteiger partial charge is 0.351 e. The zero-order valence-corrected chi connectivity index (χ0v) is 12.7. The quantitative estimate of drug-likeness (QED) is 0.875. The van der Waals surface area contributed by atoms with Gasteiger partial charge in [0.25, 0.3) is 0 Å². The van der Waals surface area contributed by atoms with E-state index in [-0.39, 0.29) is 17.4 Å². The second kappa shape index (κ2) is 6.20. The van der Waals surface area contributed by atoms with Gasteiger partial charge in [-0.2, -0.15) is 0 Å². The van der Waals surface area contributed by atoms with Crippen molar-refractivity contribution in [3.05, 3.63) is 34.9 Å². The molecule has 1 aromatic rings. The highest BCUT2D eigenvalue weighted by Gasteiger charge is 2.22. The van der Waals surface area contributed by atoms with E-state index in [1.54, 1.807) is 0 Å². The molecule has 3 N–H and O–H groups in total. The van der Waals surface area contributed by atoms with E-state index >= 15 is 0 Å². The summed E-state index contributed by atoms with van der Waals surface area (Å²) in [7, 11) is 0. The molecule has 0 bridgehead atoms. The third-order valence-corrected chi connectivity index (χ3v) is 3.34. The molecular weight excluding hydrogens is 236 g/mol. The van der Waals surface area contributed by atoms with Crippen LogP contribution in [0.4, 0.5) is 0 Å². The molecule has 0 radical (unpaired) electrons. The van der Waals surface area contributed by atoms with Crippen LogP contribution in [-0.2, 0) is 11.2 Å². The lowest BCUT2D eigenvalue weighted by Gasteiger charge is -2.24. The number of amides is 1. The van der Waals surface area contributed by atoms with Crippen LogP contribution in [0, 0.1) is 19.8 Å². The Kier molecular flexibility index (Phi) is 5.12. The molecule has 19 heavy (non-hydrogen) atoms. The summed E-state index contributed by atoms with van der Waals surface area (Å²) in [5, 5.41) is 3.01. The molecule has 106 valence electrons. The second-order valence-corrected chi connectivity index (χ2v) is 6.24. The maximum Gasteiger partial charge on any atom is 0.225 e. The predicted octanol–water partition coefficient (Wildman–Crippen LogP) is 2.34. The van der Waals surface area contributed by atoms with E-state index in [2.05, 4.69) is 31.3 Å². The molecule has 1 atom stereocenters. The molecule has 1 amide bonds. The molecule has 0 spiro atoms. The summed E-state index contributed by atoms with van der Waals surface area (Å²) in [6.07, 6.45) is 0.700. The van der Waals surface area contributed by atoms with Gasteiger partial charge in [-0.15, -0.1) is 0 Å². The van der Waals surface area contributed by atoms with Crippen LogP contribution < -0.4 is 11.1 Å². The minimum Gasteiger partial charge on any atom is -0.351 e. The number of aryl methyl sites for hydroxylation is 1. The summed E-state index contributed by atoms with van der Waals surface area (Å²) >= 11 is 0. The van der Waals surface area contributed by atoms with Crippen LogP contribution in [0.1, 0.15) is 37.5 Å². The van der Waals surface area contributed by atoms with Crippen molar-refractivity contribution in [3.8, 4) is 0 Å². The molecular formula is C16H26N2O. The monoisotopic (exact) mass is 262 g/mol. The summed E-state index contributed by atoms with van der Waals surface area (Å²) < 4.78 is 0. The van der Waals surface area contributed by atoms with Crippen LogP contribution in [0.25, 0.3) is 0 Å². The van der Waals surface area contributed by atoms with Gasteiger partial charge in [0, 0.05) is 12.1 Å². The van der Waals surface area contributed by atoms with Crippen molar-refractivity contribution >= 4 is 5.91 Å². The Bertz CT molecular complexity index is 447. The van der Waals surface area contributed by atoms with E-state index in [1.165, 1.54) is 16.7 Å². The lowest BCUT2D eigenvalue weighted by atomic mass is 9.92. The lowest BCUT2D eigenvalue weighted by molar-refractivity contribution is -0.126. The molecule has 1 aromatic carbocycles. The molecule has 0 heterocycles. The first-order valence-electron chi connectivity index (χ1n) is 6.82. The van der Waals surface area contributed by atoms with Gasteiger partial charge in [0.15, 0.2) is 0 Å². The first-order valence-corrected chi connectivity index (χ1v) is 6.82.